The summed E-state index contributed by atoms with van der Waals surface area (Å²) in [5.74, 6) is 1.34. The predicted octanol–water partition coefficient (Wildman–Crippen LogP) is 3.55. The number of carbonyl (C=O) groups excluding carboxylic acids is 1. The zero-order valence-electron chi connectivity index (χ0n) is 14.1. The number of likely N-dealkylation sites (tertiary alicyclic amines) is 1. The summed E-state index contributed by atoms with van der Waals surface area (Å²) in [6.07, 6.45) is 3.69. The van der Waals surface area contributed by atoms with Crippen LogP contribution in [0.15, 0.2) is 40.8 Å². The van der Waals surface area contributed by atoms with Crippen molar-refractivity contribution < 1.29 is 19.1 Å². The molecule has 132 valence electrons. The first-order valence-electron chi connectivity index (χ1n) is 8.26. The number of rotatable bonds is 6. The number of thioether (sulfide) groups is 1. The highest BCUT2D eigenvalue weighted by Crippen LogP contribution is 2.24. The zero-order chi connectivity index (χ0) is 17.8. The minimum Gasteiger partial charge on any atom is -0.478 e. The van der Waals surface area contributed by atoms with Crippen molar-refractivity contribution in [3.63, 3.8) is 0 Å². The molecule has 1 aromatic carbocycles. The molecule has 5 nitrogen and oxygen atoms in total. The molecule has 0 saturated carbocycles. The largest absolute Gasteiger partial charge is 0.478 e. The number of furan rings is 1. The van der Waals surface area contributed by atoms with Crippen molar-refractivity contribution in [2.75, 3.05) is 19.3 Å². The normalized spacial score (nSPS) is 17.0. The van der Waals surface area contributed by atoms with E-state index in [2.05, 4.69) is 0 Å². The Balaban J connectivity index is 1.60. The second-order valence-corrected chi connectivity index (χ2v) is 7.18. The Labute approximate surface area is 151 Å². The molecule has 1 aromatic heterocycles. The number of carboxylic acid groups (broad SMARTS) is 1. The van der Waals surface area contributed by atoms with Crippen LogP contribution in [0.5, 0.6) is 0 Å². The Hall–Kier alpha value is -2.21. The van der Waals surface area contributed by atoms with E-state index in [0.29, 0.717) is 30.3 Å². The van der Waals surface area contributed by atoms with Crippen LogP contribution < -0.4 is 0 Å². The van der Waals surface area contributed by atoms with E-state index in [1.165, 1.54) is 0 Å². The molecule has 6 heteroatoms. The quantitative estimate of drug-likeness (QED) is 0.854. The molecule has 1 aliphatic rings. The van der Waals surface area contributed by atoms with Crippen molar-refractivity contribution in [2.24, 2.45) is 5.92 Å². The molecule has 0 aliphatic carbocycles. The minimum absolute atomic E-state index is 0.0610. The number of aromatic carboxylic acids is 1. The average molecular weight is 359 g/mol. The van der Waals surface area contributed by atoms with Crippen molar-refractivity contribution >= 4 is 23.6 Å². The zero-order valence-corrected chi connectivity index (χ0v) is 14.9. The molecule has 1 saturated heterocycles. The van der Waals surface area contributed by atoms with Crippen molar-refractivity contribution in [3.05, 3.63) is 59.0 Å². The molecule has 0 spiro atoms. The lowest BCUT2D eigenvalue weighted by Gasteiger charge is -2.15. The van der Waals surface area contributed by atoms with E-state index in [4.69, 9.17) is 9.52 Å². The van der Waals surface area contributed by atoms with E-state index in [1.54, 1.807) is 36.0 Å². The van der Waals surface area contributed by atoms with Gasteiger partial charge in [0, 0.05) is 13.1 Å². The predicted molar refractivity (Wildman–Crippen MR) is 97.0 cm³/mol. The highest BCUT2D eigenvalue weighted by Gasteiger charge is 2.28. The van der Waals surface area contributed by atoms with Crippen LogP contribution in [-0.2, 0) is 12.2 Å². The molecular formula is C19H21NO4S. The summed E-state index contributed by atoms with van der Waals surface area (Å²) >= 11 is 1.66. The molecular weight excluding hydrogens is 338 g/mol. The smallest absolute Gasteiger partial charge is 0.335 e. The minimum atomic E-state index is -0.913. The molecule has 1 fully saturated rings. The lowest BCUT2D eigenvalue weighted by molar-refractivity contribution is 0.0695. The summed E-state index contributed by atoms with van der Waals surface area (Å²) in [7, 11) is 0. The second-order valence-electron chi connectivity index (χ2n) is 6.31. The number of hydrogen-bond acceptors (Lipinski definition) is 4. The Kier molecular flexibility index (Phi) is 5.48. The maximum Gasteiger partial charge on any atom is 0.335 e. The second kappa shape index (κ2) is 7.78. The van der Waals surface area contributed by atoms with Gasteiger partial charge in [-0.2, -0.15) is 11.8 Å². The SMILES string of the molecule is CSCc1ccc(C(=O)N2CC[C@H](Cc3cccc(C(=O)O)c3)C2)o1. The molecule has 1 amide bonds. The third-order valence-corrected chi connectivity index (χ3v) is 5.00. The van der Waals surface area contributed by atoms with Gasteiger partial charge in [0.1, 0.15) is 5.76 Å². The Morgan fingerprint density at radius 3 is 2.92 bits per heavy atom. The van der Waals surface area contributed by atoms with Gasteiger partial charge in [-0.1, -0.05) is 12.1 Å². The number of nitrogens with zero attached hydrogens (tertiary/aromatic N) is 1. The van der Waals surface area contributed by atoms with Crippen molar-refractivity contribution in [1.82, 2.24) is 4.90 Å². The topological polar surface area (TPSA) is 70.8 Å². The van der Waals surface area contributed by atoms with Crippen LogP contribution >= 0.6 is 11.8 Å². The van der Waals surface area contributed by atoms with Gasteiger partial charge in [0.05, 0.1) is 11.3 Å². The van der Waals surface area contributed by atoms with Crippen LogP contribution in [0.25, 0.3) is 0 Å². The maximum absolute atomic E-state index is 12.6. The summed E-state index contributed by atoms with van der Waals surface area (Å²) in [6, 6.07) is 10.6. The highest BCUT2D eigenvalue weighted by molar-refractivity contribution is 7.97. The van der Waals surface area contributed by atoms with Crippen molar-refractivity contribution in [3.8, 4) is 0 Å². The molecule has 0 bridgehead atoms. The third kappa shape index (κ3) is 4.25. The molecule has 1 atom stereocenters. The molecule has 2 heterocycles. The van der Waals surface area contributed by atoms with E-state index in [9.17, 15) is 9.59 Å². The Morgan fingerprint density at radius 2 is 2.16 bits per heavy atom. The van der Waals surface area contributed by atoms with Crippen molar-refractivity contribution in [2.45, 2.75) is 18.6 Å². The first-order chi connectivity index (χ1) is 12.1. The Bertz CT molecular complexity index is 770. The average Bonchev–Trinajstić information content (AvgIpc) is 3.24. The van der Waals surface area contributed by atoms with Gasteiger partial charge < -0.3 is 14.4 Å². The lowest BCUT2D eigenvalue weighted by Crippen LogP contribution is -2.28. The molecule has 2 aromatic rings. The summed E-state index contributed by atoms with van der Waals surface area (Å²) in [5.41, 5.74) is 1.31. The number of carbonyl (C=O) groups is 2. The fourth-order valence-corrected chi connectivity index (χ4v) is 3.66. The van der Waals surface area contributed by atoms with E-state index >= 15 is 0 Å². The van der Waals surface area contributed by atoms with E-state index < -0.39 is 5.97 Å². The number of hydrogen-bond donors (Lipinski definition) is 1. The van der Waals surface area contributed by atoms with Gasteiger partial charge >= 0.3 is 5.97 Å². The van der Waals surface area contributed by atoms with Gasteiger partial charge in [0.2, 0.25) is 0 Å². The summed E-state index contributed by atoms with van der Waals surface area (Å²) < 4.78 is 5.62. The van der Waals surface area contributed by atoms with Crippen molar-refractivity contribution in [1.29, 1.82) is 0 Å². The van der Waals surface area contributed by atoms with Gasteiger partial charge in [0.25, 0.3) is 5.91 Å². The van der Waals surface area contributed by atoms with E-state index in [-0.39, 0.29) is 5.91 Å². The highest BCUT2D eigenvalue weighted by atomic mass is 32.2. The number of benzene rings is 1. The van der Waals surface area contributed by atoms with Crippen LogP contribution in [0.4, 0.5) is 0 Å². The first-order valence-corrected chi connectivity index (χ1v) is 9.65. The van der Waals surface area contributed by atoms with Gasteiger partial charge in [-0.3, -0.25) is 4.79 Å². The molecule has 1 N–H and O–H groups in total. The fraction of sp³-hybridized carbons (Fsp3) is 0.368. The summed E-state index contributed by atoms with van der Waals surface area (Å²) in [5, 5.41) is 9.09. The van der Waals surface area contributed by atoms with Crippen LogP contribution in [0.3, 0.4) is 0 Å². The Morgan fingerprint density at radius 1 is 1.32 bits per heavy atom. The van der Waals surface area contributed by atoms with Gasteiger partial charge in [-0.25, -0.2) is 4.79 Å². The van der Waals surface area contributed by atoms with Crippen LogP contribution in [0.2, 0.25) is 0 Å². The molecule has 3 rings (SSSR count). The van der Waals surface area contributed by atoms with Gasteiger partial charge in [-0.05, 0) is 54.8 Å². The third-order valence-electron chi connectivity index (χ3n) is 4.43. The fourth-order valence-electron chi connectivity index (χ4n) is 3.22. The molecule has 1 aliphatic heterocycles. The molecule has 25 heavy (non-hydrogen) atoms. The first kappa shape index (κ1) is 17.6. The summed E-state index contributed by atoms with van der Waals surface area (Å²) in [4.78, 5) is 25.5. The van der Waals surface area contributed by atoms with Crippen LogP contribution in [0, 0.1) is 5.92 Å². The number of amides is 1. The standard InChI is InChI=1S/C19H21NO4S/c1-25-12-16-5-6-17(24-16)18(21)20-8-7-14(11-20)9-13-3-2-4-15(10-13)19(22)23/h2-6,10,14H,7-9,11-12H2,1H3,(H,22,23)/t14-/m1/s1. The van der Waals surface area contributed by atoms with Crippen LogP contribution in [0.1, 0.15) is 38.7 Å². The monoisotopic (exact) mass is 359 g/mol. The van der Waals surface area contributed by atoms with Gasteiger partial charge in [0.15, 0.2) is 5.76 Å². The lowest BCUT2D eigenvalue weighted by atomic mass is 9.97. The van der Waals surface area contributed by atoms with E-state index in [1.807, 2.05) is 23.3 Å². The van der Waals surface area contributed by atoms with Gasteiger partial charge in [-0.15, -0.1) is 0 Å². The van der Waals surface area contributed by atoms with E-state index in [0.717, 1.165) is 29.9 Å². The maximum atomic E-state index is 12.6. The van der Waals surface area contributed by atoms with Crippen LogP contribution in [-0.4, -0.2) is 41.2 Å². The summed E-state index contributed by atoms with van der Waals surface area (Å²) in [6.45, 7) is 1.38. The molecule has 0 radical (unpaired) electrons. The molecule has 0 unspecified atom stereocenters. The number of carboxylic acids is 1.